The summed E-state index contributed by atoms with van der Waals surface area (Å²) >= 11 is 0. The van der Waals surface area contributed by atoms with Gasteiger partial charge in [0.05, 0.1) is 6.61 Å². The summed E-state index contributed by atoms with van der Waals surface area (Å²) in [5.74, 6) is 0.595. The van der Waals surface area contributed by atoms with Gasteiger partial charge >= 0.3 is 6.09 Å². The molecule has 0 unspecified atom stereocenters. The van der Waals surface area contributed by atoms with Crippen molar-refractivity contribution in [1.29, 1.82) is 0 Å². The van der Waals surface area contributed by atoms with Crippen molar-refractivity contribution < 1.29 is 9.53 Å². The maximum atomic E-state index is 10.3. The normalized spacial score (nSPS) is 26.0. The molecule has 2 aliphatic rings. The summed E-state index contributed by atoms with van der Waals surface area (Å²) in [7, 11) is 0. The van der Waals surface area contributed by atoms with Crippen LogP contribution in [0.3, 0.4) is 0 Å². The van der Waals surface area contributed by atoms with Gasteiger partial charge in [-0.05, 0) is 37.0 Å². The van der Waals surface area contributed by atoms with Crippen molar-refractivity contribution in [3.63, 3.8) is 0 Å². The highest BCUT2D eigenvalue weighted by atomic mass is 16.5. The Labute approximate surface area is 72.3 Å². The van der Waals surface area contributed by atoms with Gasteiger partial charge in [0, 0.05) is 0 Å². The van der Waals surface area contributed by atoms with E-state index in [2.05, 4.69) is 0 Å². The Balaban J connectivity index is 1.64. The minimum atomic E-state index is -0.635. The van der Waals surface area contributed by atoms with Crippen LogP contribution in [0, 0.1) is 11.3 Å². The summed E-state index contributed by atoms with van der Waals surface area (Å²) in [5.41, 5.74) is 5.54. The number of carbonyl (C=O) groups excluding carboxylic acids is 1. The fraction of sp³-hybridized carbons (Fsp3) is 0.889. The van der Waals surface area contributed by atoms with Crippen LogP contribution in [0.5, 0.6) is 0 Å². The number of hydrogen-bond acceptors (Lipinski definition) is 2. The van der Waals surface area contributed by atoms with Crippen molar-refractivity contribution in [2.75, 3.05) is 6.61 Å². The summed E-state index contributed by atoms with van der Waals surface area (Å²) in [6, 6.07) is 0. The van der Waals surface area contributed by atoms with Gasteiger partial charge in [0.25, 0.3) is 0 Å². The van der Waals surface area contributed by atoms with Crippen molar-refractivity contribution in [2.24, 2.45) is 17.1 Å². The lowest BCUT2D eigenvalue weighted by Crippen LogP contribution is -2.44. The Morgan fingerprint density at radius 3 is 2.58 bits per heavy atom. The Hall–Kier alpha value is -0.730. The van der Waals surface area contributed by atoms with Gasteiger partial charge < -0.3 is 10.5 Å². The fourth-order valence-electron chi connectivity index (χ4n) is 2.57. The maximum absolute atomic E-state index is 10.3. The molecular formula is C9H15NO2. The molecule has 0 heterocycles. The predicted molar refractivity (Wildman–Crippen MR) is 44.5 cm³/mol. The number of nitrogens with two attached hydrogens (primary N) is 1. The van der Waals surface area contributed by atoms with Crippen LogP contribution in [0.4, 0.5) is 4.79 Å². The van der Waals surface area contributed by atoms with Crippen LogP contribution in [0.2, 0.25) is 0 Å². The van der Waals surface area contributed by atoms with Crippen molar-refractivity contribution in [3.05, 3.63) is 0 Å². The molecule has 0 saturated heterocycles. The zero-order valence-corrected chi connectivity index (χ0v) is 7.21. The van der Waals surface area contributed by atoms with E-state index < -0.39 is 6.09 Å². The molecule has 0 aromatic heterocycles. The monoisotopic (exact) mass is 169 g/mol. The first kappa shape index (κ1) is 7.90. The molecule has 0 bridgehead atoms. The van der Waals surface area contributed by atoms with E-state index >= 15 is 0 Å². The predicted octanol–water partition coefficient (Wildman–Crippen LogP) is 1.66. The minimum Gasteiger partial charge on any atom is -0.449 e. The molecule has 1 amide bonds. The number of ether oxygens (including phenoxy) is 1. The van der Waals surface area contributed by atoms with E-state index in [4.69, 9.17) is 10.5 Å². The van der Waals surface area contributed by atoms with E-state index in [0.717, 1.165) is 0 Å². The van der Waals surface area contributed by atoms with Gasteiger partial charge in [-0.15, -0.1) is 0 Å². The largest absolute Gasteiger partial charge is 0.449 e. The molecule has 2 aliphatic carbocycles. The molecule has 0 aromatic rings. The number of rotatable bonds is 2. The average molecular weight is 169 g/mol. The molecule has 68 valence electrons. The van der Waals surface area contributed by atoms with Crippen molar-refractivity contribution in [2.45, 2.75) is 32.1 Å². The van der Waals surface area contributed by atoms with Crippen LogP contribution in [-0.4, -0.2) is 12.7 Å². The van der Waals surface area contributed by atoms with Gasteiger partial charge in [0.15, 0.2) is 0 Å². The van der Waals surface area contributed by atoms with Crippen LogP contribution < -0.4 is 5.73 Å². The minimum absolute atomic E-state index is 0.539. The van der Waals surface area contributed by atoms with Crippen molar-refractivity contribution in [1.82, 2.24) is 0 Å². The first-order chi connectivity index (χ1) is 5.70. The smallest absolute Gasteiger partial charge is 0.404 e. The van der Waals surface area contributed by atoms with Crippen LogP contribution in [-0.2, 0) is 4.74 Å². The van der Waals surface area contributed by atoms with Crippen LogP contribution in [0.15, 0.2) is 0 Å². The van der Waals surface area contributed by atoms with Gasteiger partial charge in [-0.25, -0.2) is 4.79 Å². The number of carbonyl (C=O) groups is 1. The molecule has 2 fully saturated rings. The van der Waals surface area contributed by atoms with E-state index in [9.17, 15) is 4.79 Å². The Morgan fingerprint density at radius 2 is 2.17 bits per heavy atom. The summed E-state index contributed by atoms with van der Waals surface area (Å²) in [6.45, 7) is 0.539. The third-order valence-electron chi connectivity index (χ3n) is 3.32. The summed E-state index contributed by atoms with van der Waals surface area (Å²) in [6.07, 6.45) is 6.04. The first-order valence-corrected chi connectivity index (χ1v) is 4.62. The number of hydrogen-bond donors (Lipinski definition) is 1. The molecule has 0 aliphatic heterocycles. The SMILES string of the molecule is NC(=O)OCC1CC2(CCC2)C1. The molecule has 2 rings (SSSR count). The van der Waals surface area contributed by atoms with E-state index in [1.807, 2.05) is 0 Å². The molecule has 0 aromatic carbocycles. The lowest BCUT2D eigenvalue weighted by atomic mass is 9.52. The quantitative estimate of drug-likeness (QED) is 0.683. The maximum Gasteiger partial charge on any atom is 0.404 e. The molecule has 0 radical (unpaired) electrons. The third-order valence-corrected chi connectivity index (χ3v) is 3.32. The Morgan fingerprint density at radius 1 is 1.50 bits per heavy atom. The molecule has 3 heteroatoms. The zero-order chi connectivity index (χ0) is 8.60. The number of primary amides is 1. The van der Waals surface area contributed by atoms with Crippen molar-refractivity contribution >= 4 is 6.09 Å². The second kappa shape index (κ2) is 2.64. The van der Waals surface area contributed by atoms with E-state index in [0.29, 0.717) is 17.9 Å². The number of amides is 1. The van der Waals surface area contributed by atoms with Crippen LogP contribution in [0.1, 0.15) is 32.1 Å². The molecule has 2 saturated carbocycles. The highest BCUT2D eigenvalue weighted by molar-refractivity contribution is 5.64. The molecular weight excluding hydrogens is 154 g/mol. The first-order valence-electron chi connectivity index (χ1n) is 4.62. The summed E-state index contributed by atoms with van der Waals surface area (Å²) in [5, 5.41) is 0. The summed E-state index contributed by atoms with van der Waals surface area (Å²) < 4.78 is 4.75. The Bertz CT molecular complexity index is 191. The van der Waals surface area contributed by atoms with E-state index in [1.165, 1.54) is 32.1 Å². The summed E-state index contributed by atoms with van der Waals surface area (Å²) in [4.78, 5) is 10.3. The third kappa shape index (κ3) is 1.28. The van der Waals surface area contributed by atoms with E-state index in [-0.39, 0.29) is 0 Å². The van der Waals surface area contributed by atoms with Gasteiger partial charge in [-0.2, -0.15) is 0 Å². The molecule has 2 N–H and O–H groups in total. The van der Waals surface area contributed by atoms with Crippen molar-refractivity contribution in [3.8, 4) is 0 Å². The molecule has 1 spiro atoms. The van der Waals surface area contributed by atoms with Gasteiger partial charge in [-0.3, -0.25) is 0 Å². The standard InChI is InChI=1S/C9H15NO2/c10-8(11)12-6-7-4-9(5-7)2-1-3-9/h7H,1-6H2,(H2,10,11). The van der Waals surface area contributed by atoms with Crippen LogP contribution in [0.25, 0.3) is 0 Å². The van der Waals surface area contributed by atoms with Gasteiger partial charge in [0.2, 0.25) is 0 Å². The fourth-order valence-corrected chi connectivity index (χ4v) is 2.57. The highest BCUT2D eigenvalue weighted by Crippen LogP contribution is 2.58. The second-order valence-electron chi connectivity index (χ2n) is 4.26. The lowest BCUT2D eigenvalue weighted by molar-refractivity contribution is -0.0478. The van der Waals surface area contributed by atoms with Crippen LogP contribution >= 0.6 is 0 Å². The topological polar surface area (TPSA) is 52.3 Å². The zero-order valence-electron chi connectivity index (χ0n) is 7.21. The molecule has 12 heavy (non-hydrogen) atoms. The van der Waals surface area contributed by atoms with Gasteiger partial charge in [0.1, 0.15) is 0 Å². The molecule has 0 atom stereocenters. The highest BCUT2D eigenvalue weighted by Gasteiger charge is 2.48. The average Bonchev–Trinajstić information content (AvgIpc) is 1.79. The van der Waals surface area contributed by atoms with Gasteiger partial charge in [-0.1, -0.05) is 6.42 Å². The lowest BCUT2D eigenvalue weighted by Gasteiger charge is -2.54. The van der Waals surface area contributed by atoms with E-state index in [1.54, 1.807) is 0 Å². The Kier molecular flexibility index (Phi) is 1.74. The molecule has 3 nitrogen and oxygen atoms in total. The second-order valence-corrected chi connectivity index (χ2v) is 4.26.